The molecule has 0 spiro atoms. The van der Waals surface area contributed by atoms with E-state index in [0.717, 1.165) is 22.0 Å². The Labute approximate surface area is 185 Å². The van der Waals surface area contributed by atoms with Crippen LogP contribution in [0.5, 0.6) is 0 Å². The number of aromatic amines is 1. The Morgan fingerprint density at radius 1 is 1.00 bits per heavy atom. The van der Waals surface area contributed by atoms with Crippen LogP contribution in [-0.4, -0.2) is 20.3 Å². The quantitative estimate of drug-likeness (QED) is 0.486. The Bertz CT molecular complexity index is 1440. The van der Waals surface area contributed by atoms with E-state index in [1.807, 2.05) is 70.2 Å². The van der Waals surface area contributed by atoms with Gasteiger partial charge in [0.1, 0.15) is 5.69 Å². The number of benzene rings is 2. The van der Waals surface area contributed by atoms with Gasteiger partial charge in [-0.25, -0.2) is 4.79 Å². The summed E-state index contributed by atoms with van der Waals surface area (Å²) >= 11 is 0. The first-order valence-corrected chi connectivity index (χ1v) is 10.6. The minimum absolute atomic E-state index is 0.0754. The molecule has 0 amide bonds. The molecule has 4 aromatic rings. The number of rotatable bonds is 5. The van der Waals surface area contributed by atoms with Crippen LogP contribution in [0.1, 0.15) is 58.2 Å². The third-order valence-corrected chi connectivity index (χ3v) is 5.49. The van der Waals surface area contributed by atoms with E-state index in [9.17, 15) is 14.4 Å². The Kier molecular flexibility index (Phi) is 5.61. The van der Waals surface area contributed by atoms with Crippen molar-refractivity contribution in [1.82, 2.24) is 14.5 Å². The van der Waals surface area contributed by atoms with Crippen LogP contribution in [-0.2, 0) is 6.54 Å². The van der Waals surface area contributed by atoms with Crippen molar-refractivity contribution in [3.8, 4) is 0 Å². The number of aromatic nitrogens is 3. The molecule has 0 aliphatic carbocycles. The van der Waals surface area contributed by atoms with Gasteiger partial charge in [0, 0.05) is 16.5 Å². The predicted octanol–water partition coefficient (Wildman–Crippen LogP) is 4.10. The van der Waals surface area contributed by atoms with Gasteiger partial charge in [0.2, 0.25) is 5.78 Å². The first kappa shape index (κ1) is 21.4. The van der Waals surface area contributed by atoms with Crippen molar-refractivity contribution in [3.63, 3.8) is 0 Å². The monoisotopic (exact) mass is 427 g/mol. The molecule has 2 aromatic carbocycles. The molecule has 2 heterocycles. The van der Waals surface area contributed by atoms with Gasteiger partial charge in [0.05, 0.1) is 17.8 Å². The van der Waals surface area contributed by atoms with E-state index in [4.69, 9.17) is 0 Å². The molecule has 0 aliphatic heterocycles. The molecule has 0 fully saturated rings. The van der Waals surface area contributed by atoms with Gasteiger partial charge < -0.3 is 0 Å². The highest BCUT2D eigenvalue weighted by atomic mass is 16.2. The normalized spacial score (nSPS) is 11.3. The molecule has 162 valence electrons. The molecule has 0 bridgehead atoms. The number of hydrogen-bond donors (Lipinski definition) is 1. The molecule has 0 radical (unpaired) electrons. The number of nitrogens with one attached hydrogen (secondary N) is 1. The second-order valence-corrected chi connectivity index (χ2v) is 8.46. The molecular weight excluding hydrogens is 402 g/mol. The Hall–Kier alpha value is -3.80. The first-order chi connectivity index (χ1) is 15.2. The molecule has 1 N–H and O–H groups in total. The van der Waals surface area contributed by atoms with Gasteiger partial charge in [-0.15, -0.1) is 0 Å². The zero-order chi connectivity index (χ0) is 23.0. The minimum Gasteiger partial charge on any atom is -0.287 e. The molecule has 4 rings (SSSR count). The third-order valence-electron chi connectivity index (χ3n) is 5.49. The highest BCUT2D eigenvalue weighted by Crippen LogP contribution is 2.21. The van der Waals surface area contributed by atoms with Crippen LogP contribution >= 0.6 is 0 Å². The number of pyridine rings is 1. The van der Waals surface area contributed by atoms with Crippen molar-refractivity contribution in [2.24, 2.45) is 0 Å². The summed E-state index contributed by atoms with van der Waals surface area (Å²) in [6, 6.07) is 17.0. The molecule has 6 nitrogen and oxygen atoms in total. The lowest BCUT2D eigenvalue weighted by Crippen LogP contribution is -2.38. The number of aryl methyl sites for hydroxylation is 2. The van der Waals surface area contributed by atoms with Gasteiger partial charge >= 0.3 is 5.69 Å². The minimum atomic E-state index is -0.623. The van der Waals surface area contributed by atoms with E-state index in [1.54, 1.807) is 12.1 Å². The van der Waals surface area contributed by atoms with E-state index in [2.05, 4.69) is 9.97 Å². The number of carbonyl (C=O) groups is 1. The second kappa shape index (κ2) is 8.38. The zero-order valence-electron chi connectivity index (χ0n) is 18.6. The fraction of sp³-hybridized carbons (Fsp3) is 0.231. The number of nitrogens with zero attached hydrogens (tertiary/aromatic N) is 2. The van der Waals surface area contributed by atoms with Crippen LogP contribution < -0.4 is 11.2 Å². The highest BCUT2D eigenvalue weighted by Gasteiger charge is 2.25. The standard InChI is InChI=1S/C26H25N3O3/c1-15(2)22-23(24(30)19-12-16(3)11-17(4)13-19)29(26(32)28-25(22)31)14-20-10-9-18-7-5-6-8-21(18)27-20/h5-13,15H,14H2,1-4H3,(H,28,31,32). The molecule has 0 atom stereocenters. The van der Waals surface area contributed by atoms with Gasteiger partial charge in [0.15, 0.2) is 0 Å². The number of H-pyrrole nitrogens is 1. The van der Waals surface area contributed by atoms with Gasteiger partial charge in [-0.05, 0) is 44.0 Å². The summed E-state index contributed by atoms with van der Waals surface area (Å²) in [7, 11) is 0. The zero-order valence-corrected chi connectivity index (χ0v) is 18.6. The summed E-state index contributed by atoms with van der Waals surface area (Å²) < 4.78 is 1.34. The van der Waals surface area contributed by atoms with Crippen LogP contribution in [0.3, 0.4) is 0 Å². The van der Waals surface area contributed by atoms with Gasteiger partial charge in [0.25, 0.3) is 5.56 Å². The number of carbonyl (C=O) groups excluding carboxylic acids is 1. The predicted molar refractivity (Wildman–Crippen MR) is 126 cm³/mol. The Balaban J connectivity index is 1.93. The molecule has 0 saturated carbocycles. The Morgan fingerprint density at radius 3 is 2.38 bits per heavy atom. The fourth-order valence-electron chi connectivity index (χ4n) is 4.12. The second-order valence-electron chi connectivity index (χ2n) is 8.46. The number of para-hydroxylation sites is 1. The topological polar surface area (TPSA) is 84.8 Å². The van der Waals surface area contributed by atoms with E-state index < -0.39 is 11.2 Å². The van der Waals surface area contributed by atoms with Crippen LogP contribution in [0.15, 0.2) is 64.2 Å². The lowest BCUT2D eigenvalue weighted by molar-refractivity contribution is 0.102. The first-order valence-electron chi connectivity index (χ1n) is 10.6. The van der Waals surface area contributed by atoms with Crippen molar-refractivity contribution in [2.45, 2.75) is 40.2 Å². The van der Waals surface area contributed by atoms with E-state index in [-0.39, 0.29) is 23.9 Å². The van der Waals surface area contributed by atoms with Crippen molar-refractivity contribution < 1.29 is 4.79 Å². The van der Waals surface area contributed by atoms with Crippen molar-refractivity contribution in [1.29, 1.82) is 0 Å². The maximum absolute atomic E-state index is 13.7. The number of ketones is 1. The summed E-state index contributed by atoms with van der Waals surface area (Å²) in [6.45, 7) is 7.58. The number of hydrogen-bond acceptors (Lipinski definition) is 4. The smallest absolute Gasteiger partial charge is 0.287 e. The Morgan fingerprint density at radius 2 is 1.69 bits per heavy atom. The maximum Gasteiger partial charge on any atom is 0.329 e. The van der Waals surface area contributed by atoms with Crippen molar-refractivity contribution >= 4 is 16.7 Å². The lowest BCUT2D eigenvalue weighted by Gasteiger charge is -2.18. The summed E-state index contributed by atoms with van der Waals surface area (Å²) in [5, 5.41) is 0.986. The summed E-state index contributed by atoms with van der Waals surface area (Å²) in [5.74, 6) is -0.593. The maximum atomic E-state index is 13.7. The average Bonchev–Trinajstić information content (AvgIpc) is 2.73. The van der Waals surface area contributed by atoms with Crippen molar-refractivity contribution in [2.75, 3.05) is 0 Å². The largest absolute Gasteiger partial charge is 0.329 e. The van der Waals surface area contributed by atoms with Gasteiger partial charge in [-0.1, -0.05) is 55.3 Å². The van der Waals surface area contributed by atoms with Crippen LogP contribution in [0.2, 0.25) is 0 Å². The van der Waals surface area contributed by atoms with Gasteiger partial charge in [-0.2, -0.15) is 0 Å². The van der Waals surface area contributed by atoms with E-state index in [0.29, 0.717) is 16.8 Å². The molecule has 0 saturated heterocycles. The van der Waals surface area contributed by atoms with E-state index in [1.165, 1.54) is 4.57 Å². The summed E-state index contributed by atoms with van der Waals surface area (Å²) in [4.78, 5) is 46.3. The average molecular weight is 428 g/mol. The van der Waals surface area contributed by atoms with Crippen LogP contribution in [0, 0.1) is 13.8 Å². The molecule has 0 aliphatic rings. The van der Waals surface area contributed by atoms with Crippen LogP contribution in [0.25, 0.3) is 10.9 Å². The van der Waals surface area contributed by atoms with Crippen LogP contribution in [0.4, 0.5) is 0 Å². The lowest BCUT2D eigenvalue weighted by atomic mass is 9.95. The molecule has 32 heavy (non-hydrogen) atoms. The number of fused-ring (bicyclic) bond motifs is 1. The molecule has 0 unspecified atom stereocenters. The highest BCUT2D eigenvalue weighted by molar-refractivity contribution is 6.09. The molecular formula is C26H25N3O3. The summed E-state index contributed by atoms with van der Waals surface area (Å²) in [6.07, 6.45) is 0. The third kappa shape index (κ3) is 4.04. The van der Waals surface area contributed by atoms with Gasteiger partial charge in [-0.3, -0.25) is 24.1 Å². The molecule has 6 heteroatoms. The SMILES string of the molecule is Cc1cc(C)cc(C(=O)c2c(C(C)C)c(=O)[nH]c(=O)n2Cc2ccc3ccccc3n2)c1. The summed E-state index contributed by atoms with van der Waals surface area (Å²) in [5.41, 5.74) is 3.03. The fourth-order valence-corrected chi connectivity index (χ4v) is 4.12. The van der Waals surface area contributed by atoms with E-state index >= 15 is 0 Å². The molecule has 2 aromatic heterocycles. The van der Waals surface area contributed by atoms with Crippen molar-refractivity contribution in [3.05, 3.63) is 109 Å².